The van der Waals surface area contributed by atoms with Crippen molar-refractivity contribution in [3.63, 3.8) is 0 Å². The highest BCUT2D eigenvalue weighted by Crippen LogP contribution is 2.29. The summed E-state index contributed by atoms with van der Waals surface area (Å²) in [5, 5.41) is 1.09. The van der Waals surface area contributed by atoms with Crippen LogP contribution in [0.4, 0.5) is 0 Å². The van der Waals surface area contributed by atoms with E-state index in [2.05, 4.69) is 4.90 Å². The van der Waals surface area contributed by atoms with Crippen molar-refractivity contribution in [2.24, 2.45) is 0 Å². The molecule has 1 aromatic rings. The van der Waals surface area contributed by atoms with Gasteiger partial charge in [0.2, 0.25) is 5.91 Å². The zero-order chi connectivity index (χ0) is 15.4. The minimum Gasteiger partial charge on any atom is -0.371 e. The molecule has 1 heterocycles. The molecule has 0 saturated carbocycles. The number of ether oxygens (including phenoxy) is 1. The smallest absolute Gasteiger partial charge is 0.223 e. The zero-order valence-corrected chi connectivity index (χ0v) is 13.8. The molecule has 0 unspecified atom stereocenters. The maximum atomic E-state index is 11.7. The van der Waals surface area contributed by atoms with Gasteiger partial charge in [0.05, 0.1) is 22.8 Å². The SMILES string of the molecule is CN(C)C(=O)CCN1CCO[C@@H](c2ccc(Cl)c(Cl)c2)C1. The van der Waals surface area contributed by atoms with Crippen LogP contribution in [0.3, 0.4) is 0 Å². The number of rotatable bonds is 4. The fourth-order valence-electron chi connectivity index (χ4n) is 2.30. The molecule has 0 spiro atoms. The summed E-state index contributed by atoms with van der Waals surface area (Å²) in [4.78, 5) is 15.5. The molecule has 1 aliphatic rings. The molecule has 2 rings (SSSR count). The van der Waals surface area contributed by atoms with Crippen LogP contribution < -0.4 is 0 Å². The summed E-state index contributed by atoms with van der Waals surface area (Å²) >= 11 is 12.0. The average molecular weight is 331 g/mol. The number of benzene rings is 1. The first kappa shape index (κ1) is 16.6. The van der Waals surface area contributed by atoms with Gasteiger partial charge in [-0.3, -0.25) is 9.69 Å². The van der Waals surface area contributed by atoms with Crippen molar-refractivity contribution in [3.05, 3.63) is 33.8 Å². The van der Waals surface area contributed by atoms with Crippen LogP contribution in [-0.4, -0.2) is 56.0 Å². The predicted octanol–water partition coefficient (Wildman–Crippen LogP) is 2.85. The first-order valence-electron chi connectivity index (χ1n) is 6.96. The molecule has 6 heteroatoms. The van der Waals surface area contributed by atoms with Crippen molar-refractivity contribution in [2.75, 3.05) is 40.3 Å². The summed E-state index contributed by atoms with van der Waals surface area (Å²) < 4.78 is 5.80. The topological polar surface area (TPSA) is 32.8 Å². The van der Waals surface area contributed by atoms with Gasteiger partial charge in [-0.2, -0.15) is 0 Å². The van der Waals surface area contributed by atoms with E-state index in [1.54, 1.807) is 25.1 Å². The number of hydrogen-bond acceptors (Lipinski definition) is 3. The maximum absolute atomic E-state index is 11.7. The summed E-state index contributed by atoms with van der Waals surface area (Å²) in [5.74, 6) is 0.146. The van der Waals surface area contributed by atoms with E-state index in [9.17, 15) is 4.79 Å². The Hall–Kier alpha value is -0.810. The van der Waals surface area contributed by atoms with E-state index in [1.807, 2.05) is 12.1 Å². The fraction of sp³-hybridized carbons (Fsp3) is 0.533. The van der Waals surface area contributed by atoms with Crippen LogP contribution in [0.1, 0.15) is 18.1 Å². The van der Waals surface area contributed by atoms with E-state index < -0.39 is 0 Å². The molecule has 0 aromatic heterocycles. The molecule has 0 N–H and O–H groups in total. The van der Waals surface area contributed by atoms with Gasteiger partial charge in [0.15, 0.2) is 0 Å². The Balaban J connectivity index is 1.94. The Morgan fingerprint density at radius 2 is 2.14 bits per heavy atom. The van der Waals surface area contributed by atoms with Crippen LogP contribution in [0.2, 0.25) is 10.0 Å². The molecule has 1 aromatic carbocycles. The molecule has 1 amide bonds. The lowest BCUT2D eigenvalue weighted by atomic mass is 10.1. The average Bonchev–Trinajstić information content (AvgIpc) is 2.47. The number of carbonyl (C=O) groups excluding carboxylic acids is 1. The molecule has 4 nitrogen and oxygen atoms in total. The monoisotopic (exact) mass is 330 g/mol. The van der Waals surface area contributed by atoms with E-state index in [0.29, 0.717) is 23.1 Å². The molecule has 0 radical (unpaired) electrons. The summed E-state index contributed by atoms with van der Waals surface area (Å²) in [6.45, 7) is 3.01. The lowest BCUT2D eigenvalue weighted by molar-refractivity contribution is -0.129. The third kappa shape index (κ3) is 4.58. The quantitative estimate of drug-likeness (QED) is 0.851. The van der Waals surface area contributed by atoms with Crippen molar-refractivity contribution >= 4 is 29.1 Å². The highest BCUT2D eigenvalue weighted by atomic mass is 35.5. The van der Waals surface area contributed by atoms with Gasteiger partial charge < -0.3 is 9.64 Å². The minimum absolute atomic E-state index is 0.0250. The Labute approximate surface area is 135 Å². The number of hydrogen-bond donors (Lipinski definition) is 0. The highest BCUT2D eigenvalue weighted by Gasteiger charge is 2.23. The Morgan fingerprint density at radius 3 is 2.81 bits per heavy atom. The van der Waals surface area contributed by atoms with E-state index in [1.165, 1.54) is 0 Å². The van der Waals surface area contributed by atoms with Crippen molar-refractivity contribution in [3.8, 4) is 0 Å². The van der Waals surface area contributed by atoms with Crippen molar-refractivity contribution in [2.45, 2.75) is 12.5 Å². The normalized spacial score (nSPS) is 19.5. The standard InChI is InChI=1S/C15H20Cl2N2O2/c1-18(2)15(20)5-6-19-7-8-21-14(10-19)11-3-4-12(16)13(17)9-11/h3-4,9,14H,5-8,10H2,1-2H3/t14-/m1/s1. The molecule has 0 bridgehead atoms. The molecule has 21 heavy (non-hydrogen) atoms. The van der Waals surface area contributed by atoms with E-state index >= 15 is 0 Å². The number of morpholine rings is 1. The Morgan fingerprint density at radius 1 is 1.38 bits per heavy atom. The van der Waals surface area contributed by atoms with Crippen molar-refractivity contribution < 1.29 is 9.53 Å². The maximum Gasteiger partial charge on any atom is 0.223 e. The van der Waals surface area contributed by atoms with Gasteiger partial charge in [-0.05, 0) is 17.7 Å². The van der Waals surface area contributed by atoms with Gasteiger partial charge in [0.1, 0.15) is 0 Å². The molecule has 116 valence electrons. The first-order valence-corrected chi connectivity index (χ1v) is 7.72. The van der Waals surface area contributed by atoms with E-state index in [0.717, 1.165) is 25.2 Å². The summed E-state index contributed by atoms with van der Waals surface area (Å²) in [7, 11) is 3.56. The largest absolute Gasteiger partial charge is 0.371 e. The summed E-state index contributed by atoms with van der Waals surface area (Å²) in [5.41, 5.74) is 1.02. The molecule has 0 aliphatic carbocycles. The fourth-order valence-corrected chi connectivity index (χ4v) is 2.60. The Kier molecular flexibility index (Phi) is 5.88. The molecule has 1 saturated heterocycles. The van der Waals surface area contributed by atoms with Crippen molar-refractivity contribution in [1.29, 1.82) is 0 Å². The van der Waals surface area contributed by atoms with Gasteiger partial charge in [-0.15, -0.1) is 0 Å². The van der Waals surface area contributed by atoms with Gasteiger partial charge >= 0.3 is 0 Å². The zero-order valence-electron chi connectivity index (χ0n) is 12.3. The third-order valence-corrected chi connectivity index (χ3v) is 4.35. The van der Waals surface area contributed by atoms with E-state index in [-0.39, 0.29) is 12.0 Å². The van der Waals surface area contributed by atoms with Gasteiger partial charge in [0.25, 0.3) is 0 Å². The molecular weight excluding hydrogens is 311 g/mol. The van der Waals surface area contributed by atoms with Gasteiger partial charge in [-0.1, -0.05) is 29.3 Å². The second kappa shape index (κ2) is 7.45. The molecule has 1 atom stereocenters. The second-order valence-electron chi connectivity index (χ2n) is 5.37. The lowest BCUT2D eigenvalue weighted by Crippen LogP contribution is -2.40. The first-order chi connectivity index (χ1) is 9.97. The number of amides is 1. The number of carbonyl (C=O) groups is 1. The van der Waals surface area contributed by atoms with Gasteiger partial charge in [-0.25, -0.2) is 0 Å². The van der Waals surface area contributed by atoms with Crippen molar-refractivity contribution in [1.82, 2.24) is 9.80 Å². The number of halogens is 2. The Bertz CT molecular complexity index is 508. The van der Waals surface area contributed by atoms with Crippen LogP contribution in [0.5, 0.6) is 0 Å². The minimum atomic E-state index is -0.0250. The molecular formula is C15H20Cl2N2O2. The predicted molar refractivity (Wildman–Crippen MR) is 84.9 cm³/mol. The third-order valence-electron chi connectivity index (χ3n) is 3.61. The summed E-state index contributed by atoms with van der Waals surface area (Å²) in [6.07, 6.45) is 0.504. The summed E-state index contributed by atoms with van der Waals surface area (Å²) in [6, 6.07) is 5.58. The van der Waals surface area contributed by atoms with Crippen LogP contribution in [0.25, 0.3) is 0 Å². The highest BCUT2D eigenvalue weighted by molar-refractivity contribution is 6.42. The molecule has 1 aliphatic heterocycles. The van der Waals surface area contributed by atoms with Crippen LogP contribution >= 0.6 is 23.2 Å². The van der Waals surface area contributed by atoms with Crippen LogP contribution in [0, 0.1) is 0 Å². The molecule has 1 fully saturated rings. The second-order valence-corrected chi connectivity index (χ2v) is 6.19. The van der Waals surface area contributed by atoms with E-state index in [4.69, 9.17) is 27.9 Å². The number of nitrogens with zero attached hydrogens (tertiary/aromatic N) is 2. The van der Waals surface area contributed by atoms with Crippen LogP contribution in [-0.2, 0) is 9.53 Å². The van der Waals surface area contributed by atoms with Gasteiger partial charge in [0, 0.05) is 40.2 Å². The van der Waals surface area contributed by atoms with Crippen LogP contribution in [0.15, 0.2) is 18.2 Å². The lowest BCUT2D eigenvalue weighted by Gasteiger charge is -2.33.